The molecule has 5 aromatic rings. The Morgan fingerprint density at radius 3 is 2.71 bits per heavy atom. The summed E-state index contributed by atoms with van der Waals surface area (Å²) in [5, 5.41) is 23.6. The number of nitriles is 1. The first-order valence-electron chi connectivity index (χ1n) is 16.4. The number of nitrogens with one attached hydrogen (secondary N) is 1. The highest BCUT2D eigenvalue weighted by molar-refractivity contribution is 6.35. The maximum absolute atomic E-state index is 17.1. The summed E-state index contributed by atoms with van der Waals surface area (Å²) in [5.74, 6) is -0.926. The fraction of sp³-hybridized carbons (Fsp3) is 0.457. The van der Waals surface area contributed by atoms with E-state index in [1.54, 1.807) is 18.5 Å². The lowest BCUT2D eigenvalue weighted by molar-refractivity contribution is -0.140. The van der Waals surface area contributed by atoms with Gasteiger partial charge in [-0.15, -0.1) is 0 Å². The number of hydrogen-bond donors (Lipinski definition) is 1. The Balaban J connectivity index is 1.41. The molecule has 48 heavy (non-hydrogen) atoms. The van der Waals surface area contributed by atoms with Crippen molar-refractivity contribution in [2.45, 2.75) is 77.2 Å². The quantitative estimate of drug-likeness (QED) is 0.202. The molecule has 2 aromatic carbocycles. The molecule has 5 heterocycles. The van der Waals surface area contributed by atoms with Gasteiger partial charge in [0.2, 0.25) is 5.88 Å². The summed E-state index contributed by atoms with van der Waals surface area (Å²) in [6.07, 6.45) is 4.66. The van der Waals surface area contributed by atoms with Gasteiger partial charge in [-0.3, -0.25) is 14.6 Å². The minimum Gasteiger partial charge on any atom is -0.475 e. The van der Waals surface area contributed by atoms with Gasteiger partial charge in [-0.25, -0.2) is 13.8 Å². The second-order valence-corrected chi connectivity index (χ2v) is 13.6. The van der Waals surface area contributed by atoms with Crippen LogP contribution in [-0.4, -0.2) is 85.7 Å². The minimum atomic E-state index is -1.67. The lowest BCUT2D eigenvalue weighted by atomic mass is 9.92. The van der Waals surface area contributed by atoms with Crippen LogP contribution < -0.4 is 4.74 Å². The summed E-state index contributed by atoms with van der Waals surface area (Å²) in [4.78, 5) is 21.2. The van der Waals surface area contributed by atoms with Crippen LogP contribution in [0.15, 0.2) is 24.5 Å². The molecule has 0 bridgehead atoms. The van der Waals surface area contributed by atoms with E-state index in [9.17, 15) is 14.4 Å². The average Bonchev–Trinajstić information content (AvgIpc) is 3.82. The van der Waals surface area contributed by atoms with Gasteiger partial charge in [-0.1, -0.05) is 11.6 Å². The maximum Gasteiger partial charge on any atom is 0.257 e. The molecule has 1 amide bonds. The number of alkyl halides is 1. The molecule has 2 aliphatic rings. The number of aromatic nitrogens is 5. The molecule has 1 unspecified atom stereocenters. The third kappa shape index (κ3) is 5.33. The van der Waals surface area contributed by atoms with Crippen molar-refractivity contribution in [1.82, 2.24) is 34.8 Å². The lowest BCUT2D eigenvalue weighted by Crippen LogP contribution is -2.48. The molecule has 0 saturated carbocycles. The third-order valence-corrected chi connectivity index (χ3v) is 10.6. The number of H-pyrrole nitrogens is 1. The number of piperidine rings is 1. The van der Waals surface area contributed by atoms with E-state index in [0.717, 1.165) is 41.4 Å². The number of halogens is 3. The van der Waals surface area contributed by atoms with E-state index < -0.39 is 23.9 Å². The van der Waals surface area contributed by atoms with E-state index in [2.05, 4.69) is 28.2 Å². The van der Waals surface area contributed by atoms with Crippen LogP contribution in [0.1, 0.15) is 56.2 Å². The molecule has 4 atom stereocenters. The number of likely N-dealkylation sites (tertiary alicyclic amines) is 2. The van der Waals surface area contributed by atoms with Crippen LogP contribution in [0, 0.1) is 31.0 Å². The third-order valence-electron chi connectivity index (χ3n) is 10.3. The van der Waals surface area contributed by atoms with E-state index >= 15 is 4.39 Å². The van der Waals surface area contributed by atoms with Gasteiger partial charge in [0.05, 0.1) is 52.4 Å². The zero-order chi connectivity index (χ0) is 33.9. The number of likely N-dealkylation sites (N-methyl/N-ethyl adjacent to an activating group) is 1. The van der Waals surface area contributed by atoms with Crippen LogP contribution in [0.3, 0.4) is 0 Å². The number of amides is 1. The predicted molar refractivity (Wildman–Crippen MR) is 180 cm³/mol. The van der Waals surface area contributed by atoms with Crippen molar-refractivity contribution < 1.29 is 18.3 Å². The van der Waals surface area contributed by atoms with Crippen molar-refractivity contribution in [3.05, 3.63) is 46.5 Å². The van der Waals surface area contributed by atoms with Crippen LogP contribution in [0.25, 0.3) is 43.8 Å². The van der Waals surface area contributed by atoms with Gasteiger partial charge in [-0.05, 0) is 83.3 Å². The molecule has 10 nitrogen and oxygen atoms in total. The zero-order valence-corrected chi connectivity index (χ0v) is 28.1. The van der Waals surface area contributed by atoms with Crippen LogP contribution in [0.5, 0.6) is 5.88 Å². The molecule has 0 spiro atoms. The van der Waals surface area contributed by atoms with Crippen LogP contribution in [-0.2, 0) is 4.79 Å². The monoisotopic (exact) mass is 674 g/mol. The molecule has 7 rings (SSSR count). The molecule has 13 heteroatoms. The fourth-order valence-electron chi connectivity index (χ4n) is 7.55. The van der Waals surface area contributed by atoms with E-state index in [0.29, 0.717) is 41.3 Å². The molecule has 3 aromatic heterocycles. The predicted octanol–water partition coefficient (Wildman–Crippen LogP) is 6.81. The zero-order valence-electron chi connectivity index (χ0n) is 27.4. The molecule has 2 aliphatic heterocycles. The van der Waals surface area contributed by atoms with Crippen molar-refractivity contribution in [2.75, 3.05) is 26.7 Å². The summed E-state index contributed by atoms with van der Waals surface area (Å²) in [5.41, 5.74) is 4.20. The molecule has 250 valence electrons. The number of aryl methyl sites for hydroxylation is 1. The van der Waals surface area contributed by atoms with Gasteiger partial charge in [-0.2, -0.15) is 15.5 Å². The SMILES string of the molecule is Cc1cc2[nH]ncc2c(-c2c(Cl)cc3c(nc(OC[C@@H]4CCCN4C)c4cnn([C@H]5CCN(C(=O)C(C)F)[C@H](CC#N)C5)c43)c2F)c1C. The number of ether oxygens (including phenoxy) is 1. The Kier molecular flexibility index (Phi) is 8.46. The minimum absolute atomic E-state index is 0.0574. The first-order valence-corrected chi connectivity index (χ1v) is 16.7. The van der Waals surface area contributed by atoms with E-state index in [1.807, 2.05) is 24.6 Å². The molecule has 0 aliphatic carbocycles. The van der Waals surface area contributed by atoms with Crippen LogP contribution in [0.4, 0.5) is 8.78 Å². The van der Waals surface area contributed by atoms with Crippen LogP contribution in [0.2, 0.25) is 5.02 Å². The number of benzene rings is 2. The number of pyridine rings is 1. The van der Waals surface area contributed by atoms with E-state index in [4.69, 9.17) is 26.4 Å². The van der Waals surface area contributed by atoms with Gasteiger partial charge < -0.3 is 14.5 Å². The van der Waals surface area contributed by atoms with E-state index in [-0.39, 0.29) is 47.0 Å². The molecule has 2 fully saturated rings. The standard InChI is InChI=1S/C35H37ClF2N8O2/c1-18-12-28-25(15-40-43-28)29(19(18)2)30-27(36)14-24-32(31(30)38)42-34(48-17-23-6-5-10-44(23)4)26-16-41-46(33(24)26)22-8-11-45(35(47)20(3)37)21(13-22)7-9-39/h12,14-16,20-23H,5-8,10-11,13,17H2,1-4H3,(H,40,43)/t20?,21-,22+,23+/m1/s1. The maximum atomic E-state index is 17.1. The average molecular weight is 675 g/mol. The first-order chi connectivity index (χ1) is 23.1. The first kappa shape index (κ1) is 32.2. The van der Waals surface area contributed by atoms with Crippen molar-refractivity contribution in [2.24, 2.45) is 0 Å². The summed E-state index contributed by atoms with van der Waals surface area (Å²) in [7, 11) is 2.07. The number of hydrogen-bond acceptors (Lipinski definition) is 7. The van der Waals surface area contributed by atoms with Gasteiger partial charge in [0, 0.05) is 40.5 Å². The van der Waals surface area contributed by atoms with Crippen molar-refractivity contribution in [1.29, 1.82) is 5.26 Å². The number of fused-ring (bicyclic) bond motifs is 4. The molecule has 0 radical (unpaired) electrons. The van der Waals surface area contributed by atoms with Crippen molar-refractivity contribution >= 4 is 50.2 Å². The lowest BCUT2D eigenvalue weighted by Gasteiger charge is -2.39. The highest BCUT2D eigenvalue weighted by Crippen LogP contribution is 2.44. The summed E-state index contributed by atoms with van der Waals surface area (Å²) >= 11 is 7.01. The Morgan fingerprint density at radius 2 is 1.98 bits per heavy atom. The van der Waals surface area contributed by atoms with Gasteiger partial charge in [0.15, 0.2) is 12.0 Å². The van der Waals surface area contributed by atoms with Crippen LogP contribution >= 0.6 is 11.6 Å². The molecular formula is C35H37ClF2N8O2. The smallest absolute Gasteiger partial charge is 0.257 e. The Hall–Kier alpha value is -4.34. The highest BCUT2D eigenvalue weighted by atomic mass is 35.5. The second-order valence-electron chi connectivity index (χ2n) is 13.2. The number of nitrogens with zero attached hydrogens (tertiary/aromatic N) is 7. The highest BCUT2D eigenvalue weighted by Gasteiger charge is 2.36. The van der Waals surface area contributed by atoms with Gasteiger partial charge >= 0.3 is 0 Å². The fourth-order valence-corrected chi connectivity index (χ4v) is 7.84. The Morgan fingerprint density at radius 1 is 1.17 bits per heavy atom. The number of aromatic amines is 1. The molecule has 1 N–H and O–H groups in total. The Bertz CT molecular complexity index is 2100. The second kappa shape index (κ2) is 12.6. The number of carbonyl (C=O) groups excluding carboxylic acids is 1. The van der Waals surface area contributed by atoms with Crippen molar-refractivity contribution in [3.8, 4) is 23.1 Å². The van der Waals surface area contributed by atoms with Gasteiger partial charge in [0.25, 0.3) is 5.91 Å². The topological polar surface area (TPSA) is 116 Å². The summed E-state index contributed by atoms with van der Waals surface area (Å²) in [6.45, 7) is 6.74. The molecule has 2 saturated heterocycles. The number of rotatable bonds is 7. The Labute approximate surface area is 281 Å². The summed E-state index contributed by atoms with van der Waals surface area (Å²) < 4.78 is 39.4. The normalized spacial score (nSPS) is 21.0. The van der Waals surface area contributed by atoms with E-state index in [1.165, 1.54) is 11.8 Å². The van der Waals surface area contributed by atoms with Gasteiger partial charge in [0.1, 0.15) is 12.1 Å². The summed E-state index contributed by atoms with van der Waals surface area (Å²) in [6, 6.07) is 5.32. The van der Waals surface area contributed by atoms with Crippen molar-refractivity contribution in [3.63, 3.8) is 0 Å². The number of carbonyl (C=O) groups is 1. The largest absolute Gasteiger partial charge is 0.475 e. The molecular weight excluding hydrogens is 638 g/mol.